The molecule has 100 valence electrons. The van der Waals surface area contributed by atoms with E-state index >= 15 is 0 Å². The van der Waals surface area contributed by atoms with Gasteiger partial charge in [-0.15, -0.1) is 0 Å². The molecule has 1 N–H and O–H groups in total. The molecule has 0 saturated heterocycles. The summed E-state index contributed by atoms with van der Waals surface area (Å²) in [5.74, 6) is 0.380. The van der Waals surface area contributed by atoms with Crippen LogP contribution in [0.2, 0.25) is 5.02 Å². The van der Waals surface area contributed by atoms with Crippen molar-refractivity contribution in [2.24, 2.45) is 0 Å². The minimum absolute atomic E-state index is 0.122. The Morgan fingerprint density at radius 1 is 1.25 bits per heavy atom. The molecule has 0 aliphatic rings. The molecule has 0 saturated carbocycles. The molecule has 0 bridgehead atoms. The van der Waals surface area contributed by atoms with E-state index in [-0.39, 0.29) is 5.91 Å². The van der Waals surface area contributed by atoms with Crippen LogP contribution in [0.3, 0.4) is 0 Å². The standard InChI is InChI=1S/C15H11ClN2O2/c1-9(19)17-12-5-6-14-13(8-12)18-15(20-14)10-3-2-4-11(16)7-10/h2-8H,1H3,(H,17,19). The van der Waals surface area contributed by atoms with Gasteiger partial charge in [-0.1, -0.05) is 17.7 Å². The summed E-state index contributed by atoms with van der Waals surface area (Å²) in [6.45, 7) is 1.46. The Morgan fingerprint density at radius 3 is 2.85 bits per heavy atom. The maximum Gasteiger partial charge on any atom is 0.227 e. The summed E-state index contributed by atoms with van der Waals surface area (Å²) >= 11 is 5.96. The van der Waals surface area contributed by atoms with Gasteiger partial charge < -0.3 is 9.73 Å². The molecule has 3 aromatic rings. The second kappa shape index (κ2) is 4.98. The Morgan fingerprint density at radius 2 is 2.10 bits per heavy atom. The summed E-state index contributed by atoms with van der Waals surface area (Å²) in [7, 11) is 0. The van der Waals surface area contributed by atoms with Gasteiger partial charge in [0.15, 0.2) is 5.58 Å². The Kier molecular flexibility index (Phi) is 3.16. The topological polar surface area (TPSA) is 55.1 Å². The predicted molar refractivity (Wildman–Crippen MR) is 78.8 cm³/mol. The van der Waals surface area contributed by atoms with Crippen LogP contribution in [0.5, 0.6) is 0 Å². The molecule has 4 nitrogen and oxygen atoms in total. The number of carbonyl (C=O) groups is 1. The highest BCUT2D eigenvalue weighted by Gasteiger charge is 2.09. The molecule has 0 aliphatic heterocycles. The van der Waals surface area contributed by atoms with Crippen molar-refractivity contribution in [3.8, 4) is 11.5 Å². The van der Waals surface area contributed by atoms with E-state index in [9.17, 15) is 4.79 Å². The lowest BCUT2D eigenvalue weighted by Gasteiger charge is -1.99. The number of anilines is 1. The first-order valence-electron chi connectivity index (χ1n) is 6.06. The molecule has 5 heteroatoms. The number of rotatable bonds is 2. The van der Waals surface area contributed by atoms with Gasteiger partial charge in [-0.3, -0.25) is 4.79 Å². The number of carbonyl (C=O) groups excluding carboxylic acids is 1. The average Bonchev–Trinajstić information content (AvgIpc) is 2.81. The molecule has 2 aromatic carbocycles. The lowest BCUT2D eigenvalue weighted by molar-refractivity contribution is -0.114. The lowest BCUT2D eigenvalue weighted by atomic mass is 10.2. The first-order chi connectivity index (χ1) is 9.61. The van der Waals surface area contributed by atoms with Crippen LogP contribution in [0.25, 0.3) is 22.6 Å². The number of fused-ring (bicyclic) bond motifs is 1. The highest BCUT2D eigenvalue weighted by Crippen LogP contribution is 2.27. The van der Waals surface area contributed by atoms with Gasteiger partial charge in [0, 0.05) is 23.2 Å². The van der Waals surface area contributed by atoms with E-state index in [1.807, 2.05) is 12.1 Å². The molecule has 3 rings (SSSR count). The number of nitrogens with one attached hydrogen (secondary N) is 1. The molecule has 0 aliphatic carbocycles. The monoisotopic (exact) mass is 286 g/mol. The zero-order chi connectivity index (χ0) is 14.1. The summed E-state index contributed by atoms with van der Waals surface area (Å²) in [6.07, 6.45) is 0. The summed E-state index contributed by atoms with van der Waals surface area (Å²) in [6, 6.07) is 12.6. The largest absolute Gasteiger partial charge is 0.436 e. The zero-order valence-electron chi connectivity index (χ0n) is 10.7. The van der Waals surface area contributed by atoms with Crippen LogP contribution >= 0.6 is 11.6 Å². The van der Waals surface area contributed by atoms with Gasteiger partial charge in [-0.25, -0.2) is 4.98 Å². The molecule has 0 spiro atoms. The fourth-order valence-electron chi connectivity index (χ4n) is 1.95. The number of hydrogen-bond acceptors (Lipinski definition) is 3. The average molecular weight is 287 g/mol. The Labute approximate surface area is 120 Å². The fourth-order valence-corrected chi connectivity index (χ4v) is 2.14. The molecule has 0 atom stereocenters. The number of benzene rings is 2. The fraction of sp³-hybridized carbons (Fsp3) is 0.0667. The molecule has 1 amide bonds. The van der Waals surface area contributed by atoms with E-state index in [1.165, 1.54) is 6.92 Å². The number of nitrogens with zero attached hydrogens (tertiary/aromatic N) is 1. The molecule has 1 heterocycles. The van der Waals surface area contributed by atoms with Crippen LogP contribution in [0, 0.1) is 0 Å². The number of hydrogen-bond donors (Lipinski definition) is 1. The van der Waals surface area contributed by atoms with Gasteiger partial charge >= 0.3 is 0 Å². The maximum absolute atomic E-state index is 11.0. The lowest BCUT2D eigenvalue weighted by Crippen LogP contribution is -2.05. The molecular formula is C15H11ClN2O2. The minimum atomic E-state index is -0.122. The molecular weight excluding hydrogens is 276 g/mol. The molecule has 0 radical (unpaired) electrons. The van der Waals surface area contributed by atoms with Crippen molar-refractivity contribution < 1.29 is 9.21 Å². The van der Waals surface area contributed by atoms with E-state index < -0.39 is 0 Å². The Balaban J connectivity index is 2.04. The number of halogens is 1. The first kappa shape index (κ1) is 12.7. The van der Waals surface area contributed by atoms with Gasteiger partial charge in [-0.05, 0) is 36.4 Å². The van der Waals surface area contributed by atoms with Crippen molar-refractivity contribution in [1.29, 1.82) is 0 Å². The summed E-state index contributed by atoms with van der Waals surface area (Å²) in [5, 5.41) is 3.34. The normalized spacial score (nSPS) is 10.7. The third kappa shape index (κ3) is 2.51. The molecule has 20 heavy (non-hydrogen) atoms. The van der Waals surface area contributed by atoms with Crippen molar-refractivity contribution >= 4 is 34.3 Å². The van der Waals surface area contributed by atoms with Gasteiger partial charge in [0.2, 0.25) is 11.8 Å². The van der Waals surface area contributed by atoms with Gasteiger partial charge in [0.25, 0.3) is 0 Å². The Bertz CT molecular complexity index is 795. The van der Waals surface area contributed by atoms with Crippen LogP contribution in [0.4, 0.5) is 5.69 Å². The van der Waals surface area contributed by atoms with Crippen LogP contribution in [-0.2, 0) is 4.79 Å². The molecule has 0 fully saturated rings. The van der Waals surface area contributed by atoms with E-state index in [0.717, 1.165) is 5.56 Å². The SMILES string of the molecule is CC(=O)Nc1ccc2oc(-c3cccc(Cl)c3)nc2c1. The Hall–Kier alpha value is -2.33. The van der Waals surface area contributed by atoms with E-state index in [1.54, 1.807) is 30.3 Å². The van der Waals surface area contributed by atoms with Crippen LogP contribution in [0.15, 0.2) is 46.9 Å². The second-order valence-corrected chi connectivity index (χ2v) is 4.83. The maximum atomic E-state index is 11.0. The quantitative estimate of drug-likeness (QED) is 0.771. The van der Waals surface area contributed by atoms with Gasteiger partial charge in [0.05, 0.1) is 0 Å². The number of amides is 1. The van der Waals surface area contributed by atoms with Crippen molar-refractivity contribution in [2.75, 3.05) is 5.32 Å². The molecule has 1 aromatic heterocycles. The smallest absolute Gasteiger partial charge is 0.227 e. The third-order valence-electron chi connectivity index (χ3n) is 2.78. The highest BCUT2D eigenvalue weighted by molar-refractivity contribution is 6.30. The van der Waals surface area contributed by atoms with Crippen molar-refractivity contribution in [2.45, 2.75) is 6.92 Å². The van der Waals surface area contributed by atoms with Crippen LogP contribution < -0.4 is 5.32 Å². The van der Waals surface area contributed by atoms with E-state index in [2.05, 4.69) is 10.3 Å². The highest BCUT2D eigenvalue weighted by atomic mass is 35.5. The van der Waals surface area contributed by atoms with Gasteiger partial charge in [0.1, 0.15) is 5.52 Å². The van der Waals surface area contributed by atoms with Crippen LogP contribution in [-0.4, -0.2) is 10.9 Å². The second-order valence-electron chi connectivity index (χ2n) is 4.39. The van der Waals surface area contributed by atoms with E-state index in [4.69, 9.17) is 16.0 Å². The summed E-state index contributed by atoms with van der Waals surface area (Å²) in [4.78, 5) is 15.5. The van der Waals surface area contributed by atoms with Crippen molar-refractivity contribution in [3.63, 3.8) is 0 Å². The van der Waals surface area contributed by atoms with Gasteiger partial charge in [-0.2, -0.15) is 0 Å². The predicted octanol–water partition coefficient (Wildman–Crippen LogP) is 4.11. The summed E-state index contributed by atoms with van der Waals surface area (Å²) in [5.41, 5.74) is 2.85. The zero-order valence-corrected chi connectivity index (χ0v) is 11.4. The molecule has 0 unspecified atom stereocenters. The van der Waals surface area contributed by atoms with E-state index in [0.29, 0.717) is 27.7 Å². The van der Waals surface area contributed by atoms with Crippen molar-refractivity contribution in [3.05, 3.63) is 47.5 Å². The minimum Gasteiger partial charge on any atom is -0.436 e. The third-order valence-corrected chi connectivity index (χ3v) is 3.01. The number of oxazole rings is 1. The van der Waals surface area contributed by atoms with Crippen molar-refractivity contribution in [1.82, 2.24) is 4.98 Å². The number of aromatic nitrogens is 1. The summed E-state index contributed by atoms with van der Waals surface area (Å²) < 4.78 is 5.69. The van der Waals surface area contributed by atoms with Crippen LogP contribution in [0.1, 0.15) is 6.92 Å². The first-order valence-corrected chi connectivity index (χ1v) is 6.44.